The number of hydrogen-bond acceptors (Lipinski definition) is 4. The van der Waals surface area contributed by atoms with Gasteiger partial charge in [0.25, 0.3) is 11.6 Å². The Morgan fingerprint density at radius 2 is 1.77 bits per heavy atom. The van der Waals surface area contributed by atoms with Crippen molar-refractivity contribution in [2.45, 2.75) is 6.04 Å². The van der Waals surface area contributed by atoms with E-state index in [9.17, 15) is 14.9 Å². The van der Waals surface area contributed by atoms with Crippen LogP contribution in [-0.4, -0.2) is 43.7 Å². The number of nitro groups is 1. The Morgan fingerprint density at radius 1 is 1.12 bits per heavy atom. The molecule has 3 rings (SSSR count). The van der Waals surface area contributed by atoms with Crippen molar-refractivity contribution < 1.29 is 19.4 Å². The number of non-ortho nitro benzene ring substituents is 1. The van der Waals surface area contributed by atoms with Gasteiger partial charge in [-0.1, -0.05) is 30.3 Å². The second kappa shape index (κ2) is 8.55. The van der Waals surface area contributed by atoms with Crippen LogP contribution >= 0.6 is 0 Å². The van der Waals surface area contributed by atoms with E-state index in [0.29, 0.717) is 5.56 Å². The van der Waals surface area contributed by atoms with Gasteiger partial charge in [-0.05, 0) is 17.7 Å². The predicted molar refractivity (Wildman–Crippen MR) is 96.1 cm³/mol. The van der Waals surface area contributed by atoms with Crippen LogP contribution in [0.3, 0.4) is 0 Å². The maximum absolute atomic E-state index is 12.6. The van der Waals surface area contributed by atoms with Crippen LogP contribution in [0.25, 0.3) is 0 Å². The largest absolute Gasteiger partial charge is 0.370 e. The molecule has 2 aromatic rings. The second-order valence-corrected chi connectivity index (χ2v) is 6.31. The molecule has 1 saturated heterocycles. The molecule has 0 aliphatic carbocycles. The Hall–Kier alpha value is -2.77. The van der Waals surface area contributed by atoms with Crippen LogP contribution in [0.15, 0.2) is 54.6 Å². The Balaban J connectivity index is 1.73. The smallest absolute Gasteiger partial charge is 0.269 e. The maximum atomic E-state index is 12.6. The van der Waals surface area contributed by atoms with Crippen molar-refractivity contribution in [3.63, 3.8) is 0 Å². The molecule has 136 valence electrons. The Morgan fingerprint density at radius 3 is 2.38 bits per heavy atom. The first kappa shape index (κ1) is 18.0. The van der Waals surface area contributed by atoms with E-state index < -0.39 is 4.92 Å². The average Bonchev–Trinajstić information content (AvgIpc) is 2.69. The van der Waals surface area contributed by atoms with E-state index in [2.05, 4.69) is 5.32 Å². The molecule has 0 bridgehead atoms. The summed E-state index contributed by atoms with van der Waals surface area (Å²) in [5.41, 5.74) is 1.43. The minimum Gasteiger partial charge on any atom is -0.370 e. The number of nitrogens with one attached hydrogen (secondary N) is 2. The zero-order valence-electron chi connectivity index (χ0n) is 14.4. The maximum Gasteiger partial charge on any atom is 0.269 e. The van der Waals surface area contributed by atoms with E-state index in [1.54, 1.807) is 0 Å². The van der Waals surface area contributed by atoms with E-state index in [1.165, 1.54) is 29.2 Å². The molecule has 1 aliphatic heterocycles. The third kappa shape index (κ3) is 4.65. The second-order valence-electron chi connectivity index (χ2n) is 6.31. The molecule has 0 spiro atoms. The van der Waals surface area contributed by atoms with Crippen molar-refractivity contribution in [1.29, 1.82) is 0 Å². The lowest BCUT2D eigenvalue weighted by Crippen LogP contribution is -3.14. The van der Waals surface area contributed by atoms with Crippen molar-refractivity contribution in [2.75, 3.05) is 32.8 Å². The molecule has 1 heterocycles. The highest BCUT2D eigenvalue weighted by molar-refractivity contribution is 5.94. The lowest BCUT2D eigenvalue weighted by molar-refractivity contribution is -0.909. The Kier molecular flexibility index (Phi) is 5.93. The van der Waals surface area contributed by atoms with Gasteiger partial charge in [0.1, 0.15) is 25.7 Å². The highest BCUT2D eigenvalue weighted by Gasteiger charge is 2.23. The van der Waals surface area contributed by atoms with Crippen molar-refractivity contribution in [1.82, 2.24) is 5.32 Å². The van der Waals surface area contributed by atoms with Crippen LogP contribution in [-0.2, 0) is 4.74 Å². The van der Waals surface area contributed by atoms with E-state index in [-0.39, 0.29) is 17.6 Å². The van der Waals surface area contributed by atoms with Gasteiger partial charge < -0.3 is 15.0 Å². The fourth-order valence-corrected chi connectivity index (χ4v) is 3.07. The molecular weight excluding hydrogens is 334 g/mol. The number of nitro benzene ring substituents is 1. The molecule has 7 heteroatoms. The highest BCUT2D eigenvalue weighted by atomic mass is 16.6. The van der Waals surface area contributed by atoms with Crippen molar-refractivity contribution >= 4 is 11.6 Å². The summed E-state index contributed by atoms with van der Waals surface area (Å²) in [5, 5.41) is 13.8. The molecular formula is C19H22N3O4+. The normalized spacial score (nSPS) is 16.0. The van der Waals surface area contributed by atoms with Gasteiger partial charge >= 0.3 is 0 Å². The number of morpholine rings is 1. The monoisotopic (exact) mass is 356 g/mol. The first-order valence-electron chi connectivity index (χ1n) is 8.65. The van der Waals surface area contributed by atoms with E-state index in [4.69, 9.17) is 4.74 Å². The summed E-state index contributed by atoms with van der Waals surface area (Å²) in [7, 11) is 0. The molecule has 0 aromatic heterocycles. The fraction of sp³-hybridized carbons (Fsp3) is 0.316. The van der Waals surface area contributed by atoms with Crippen LogP contribution in [0, 0.1) is 10.1 Å². The number of carbonyl (C=O) groups is 1. The number of rotatable bonds is 6. The fourth-order valence-electron chi connectivity index (χ4n) is 3.07. The van der Waals surface area contributed by atoms with E-state index >= 15 is 0 Å². The molecule has 1 amide bonds. The van der Waals surface area contributed by atoms with Gasteiger partial charge in [0.05, 0.1) is 18.1 Å². The van der Waals surface area contributed by atoms with Gasteiger partial charge in [-0.3, -0.25) is 14.9 Å². The molecule has 0 unspecified atom stereocenters. The van der Waals surface area contributed by atoms with Crippen molar-refractivity contribution in [2.24, 2.45) is 0 Å². The van der Waals surface area contributed by atoms with Gasteiger partial charge in [0.15, 0.2) is 0 Å². The predicted octanol–water partition coefficient (Wildman–Crippen LogP) is 0.981. The number of nitrogens with zero attached hydrogens (tertiary/aromatic N) is 1. The molecule has 1 atom stereocenters. The number of hydrogen-bond donors (Lipinski definition) is 2. The average molecular weight is 356 g/mol. The summed E-state index contributed by atoms with van der Waals surface area (Å²) < 4.78 is 5.40. The SMILES string of the molecule is O=C(N[C@H](C[NH+]1CCOCC1)c1ccccc1)c1ccc([N+](=O)[O-])cc1. The summed E-state index contributed by atoms with van der Waals surface area (Å²) in [6.07, 6.45) is 0. The quantitative estimate of drug-likeness (QED) is 0.597. The molecule has 0 saturated carbocycles. The van der Waals surface area contributed by atoms with Crippen LogP contribution in [0.2, 0.25) is 0 Å². The zero-order valence-corrected chi connectivity index (χ0v) is 14.4. The molecule has 0 radical (unpaired) electrons. The summed E-state index contributed by atoms with van der Waals surface area (Å²) >= 11 is 0. The molecule has 1 fully saturated rings. The highest BCUT2D eigenvalue weighted by Crippen LogP contribution is 2.15. The first-order valence-corrected chi connectivity index (χ1v) is 8.65. The number of ether oxygens (including phenoxy) is 1. The Bertz CT molecular complexity index is 743. The summed E-state index contributed by atoms with van der Waals surface area (Å²) in [6, 6.07) is 15.4. The lowest BCUT2D eigenvalue weighted by atomic mass is 10.1. The number of amides is 1. The summed E-state index contributed by atoms with van der Waals surface area (Å²) in [4.78, 5) is 24.3. The van der Waals surface area contributed by atoms with Crippen molar-refractivity contribution in [3.05, 3.63) is 75.8 Å². The van der Waals surface area contributed by atoms with Crippen LogP contribution in [0.1, 0.15) is 22.0 Å². The molecule has 7 nitrogen and oxygen atoms in total. The van der Waals surface area contributed by atoms with E-state index in [0.717, 1.165) is 38.4 Å². The zero-order chi connectivity index (χ0) is 18.4. The lowest BCUT2D eigenvalue weighted by Gasteiger charge is -2.28. The molecule has 1 aliphatic rings. The number of quaternary nitrogens is 1. The minimum absolute atomic E-state index is 0.0288. The molecule has 26 heavy (non-hydrogen) atoms. The summed E-state index contributed by atoms with van der Waals surface area (Å²) in [6.45, 7) is 4.06. The van der Waals surface area contributed by atoms with Crippen LogP contribution in [0.4, 0.5) is 5.69 Å². The number of benzene rings is 2. The summed E-state index contributed by atoms with van der Waals surface area (Å²) in [5.74, 6) is -0.235. The Labute approximate surface area is 151 Å². The van der Waals surface area contributed by atoms with Gasteiger partial charge in [-0.25, -0.2) is 0 Å². The third-order valence-corrected chi connectivity index (χ3v) is 4.54. The topological polar surface area (TPSA) is 85.9 Å². The van der Waals surface area contributed by atoms with Gasteiger partial charge in [0.2, 0.25) is 0 Å². The van der Waals surface area contributed by atoms with Crippen LogP contribution < -0.4 is 10.2 Å². The van der Waals surface area contributed by atoms with Gasteiger partial charge in [-0.2, -0.15) is 0 Å². The third-order valence-electron chi connectivity index (χ3n) is 4.54. The van der Waals surface area contributed by atoms with Gasteiger partial charge in [-0.15, -0.1) is 0 Å². The standard InChI is InChI=1S/C19H21N3O4/c23-19(16-6-8-17(9-7-16)22(24)25)20-18(15-4-2-1-3-5-15)14-21-10-12-26-13-11-21/h1-9,18H,10-14H2,(H,20,23)/p+1/t18-/m1/s1. The first-order chi connectivity index (χ1) is 12.6. The van der Waals surface area contributed by atoms with Crippen LogP contribution in [0.5, 0.6) is 0 Å². The molecule has 2 N–H and O–H groups in total. The van der Waals surface area contributed by atoms with Crippen molar-refractivity contribution in [3.8, 4) is 0 Å². The van der Waals surface area contributed by atoms with E-state index in [1.807, 2.05) is 30.3 Å². The molecule has 2 aromatic carbocycles. The van der Waals surface area contributed by atoms with Gasteiger partial charge in [0, 0.05) is 17.7 Å². The minimum atomic E-state index is -0.476. The number of carbonyl (C=O) groups excluding carboxylic acids is 1.